The van der Waals surface area contributed by atoms with E-state index in [2.05, 4.69) is 19.1 Å². The minimum absolute atomic E-state index is 0.658. The molecule has 0 aliphatic heterocycles. The molecule has 0 aliphatic carbocycles. The molecule has 0 unspecified atom stereocenters. The Kier molecular flexibility index (Phi) is 11.0. The standard InChI is InChI=1S/C11H20OS2/c1-3-5-6-7-8-9-10-14-11(13)12-4-2/h8-9H,3-7,10H2,1-2H3/b9-8+. The monoisotopic (exact) mass is 232 g/mol. The first-order valence-electron chi connectivity index (χ1n) is 5.25. The van der Waals surface area contributed by atoms with E-state index in [1.165, 1.54) is 25.7 Å². The second-order valence-corrected chi connectivity index (χ2v) is 4.58. The Balaban J connectivity index is 3.21. The molecule has 0 N–H and O–H groups in total. The fourth-order valence-electron chi connectivity index (χ4n) is 0.974. The summed E-state index contributed by atoms with van der Waals surface area (Å²) in [5.74, 6) is 0.935. The van der Waals surface area contributed by atoms with E-state index in [1.54, 1.807) is 11.8 Å². The van der Waals surface area contributed by atoms with Crippen LogP contribution in [0.2, 0.25) is 0 Å². The Morgan fingerprint density at radius 3 is 2.71 bits per heavy atom. The van der Waals surface area contributed by atoms with Crippen molar-refractivity contribution >= 4 is 28.4 Å². The maximum absolute atomic E-state index is 5.15. The van der Waals surface area contributed by atoms with Crippen LogP contribution in [-0.4, -0.2) is 16.7 Å². The highest BCUT2D eigenvalue weighted by Crippen LogP contribution is 2.07. The van der Waals surface area contributed by atoms with Gasteiger partial charge in [-0.3, -0.25) is 0 Å². The number of hydrogen-bond donors (Lipinski definition) is 0. The molecule has 0 fully saturated rings. The van der Waals surface area contributed by atoms with Crippen LogP contribution in [0.1, 0.15) is 39.5 Å². The molecule has 1 nitrogen and oxygen atoms in total. The molecule has 0 radical (unpaired) electrons. The minimum atomic E-state index is 0.658. The van der Waals surface area contributed by atoms with E-state index in [-0.39, 0.29) is 0 Å². The van der Waals surface area contributed by atoms with Crippen molar-refractivity contribution in [2.75, 3.05) is 12.4 Å². The van der Waals surface area contributed by atoms with E-state index < -0.39 is 0 Å². The fraction of sp³-hybridized carbons (Fsp3) is 0.727. The van der Waals surface area contributed by atoms with Gasteiger partial charge in [0.15, 0.2) is 0 Å². The predicted molar refractivity (Wildman–Crippen MR) is 70.0 cm³/mol. The van der Waals surface area contributed by atoms with Crippen LogP contribution in [0.5, 0.6) is 0 Å². The first-order chi connectivity index (χ1) is 6.81. The van der Waals surface area contributed by atoms with Gasteiger partial charge in [0.1, 0.15) is 0 Å². The highest BCUT2D eigenvalue weighted by Gasteiger charge is 1.93. The van der Waals surface area contributed by atoms with Crippen LogP contribution in [0.15, 0.2) is 12.2 Å². The first kappa shape index (κ1) is 14.0. The number of rotatable bonds is 7. The zero-order valence-electron chi connectivity index (χ0n) is 9.12. The van der Waals surface area contributed by atoms with Crippen LogP contribution >= 0.6 is 24.0 Å². The van der Waals surface area contributed by atoms with Crippen LogP contribution in [-0.2, 0) is 4.74 Å². The highest BCUT2D eigenvalue weighted by molar-refractivity contribution is 8.22. The maximum Gasteiger partial charge on any atom is 0.220 e. The van der Waals surface area contributed by atoms with E-state index in [4.69, 9.17) is 17.0 Å². The molecule has 14 heavy (non-hydrogen) atoms. The van der Waals surface area contributed by atoms with Gasteiger partial charge in [-0.05, 0) is 32.0 Å². The normalized spacial score (nSPS) is 10.7. The summed E-state index contributed by atoms with van der Waals surface area (Å²) < 4.78 is 5.81. The van der Waals surface area contributed by atoms with Gasteiger partial charge in [-0.2, -0.15) is 0 Å². The SMILES string of the molecule is CCCCC/C=C/CSC(=S)OCC. The summed E-state index contributed by atoms with van der Waals surface area (Å²) in [7, 11) is 0. The quantitative estimate of drug-likeness (QED) is 0.370. The zero-order valence-corrected chi connectivity index (χ0v) is 10.8. The maximum atomic E-state index is 5.15. The summed E-state index contributed by atoms with van der Waals surface area (Å²) in [6.07, 6.45) is 9.51. The van der Waals surface area contributed by atoms with Crippen LogP contribution in [0.25, 0.3) is 0 Å². The summed E-state index contributed by atoms with van der Waals surface area (Å²) in [4.78, 5) is 0. The average molecular weight is 232 g/mol. The van der Waals surface area contributed by atoms with E-state index in [0.29, 0.717) is 11.0 Å². The van der Waals surface area contributed by atoms with Crippen molar-refractivity contribution in [1.29, 1.82) is 0 Å². The van der Waals surface area contributed by atoms with E-state index >= 15 is 0 Å². The number of ether oxygens (including phenoxy) is 1. The van der Waals surface area contributed by atoms with Gasteiger partial charge in [0.25, 0.3) is 0 Å². The lowest BCUT2D eigenvalue weighted by Gasteiger charge is -2.00. The molecule has 0 aromatic carbocycles. The Bertz CT molecular complexity index is 167. The van der Waals surface area contributed by atoms with Gasteiger partial charge in [0, 0.05) is 5.75 Å². The third-order valence-corrected chi connectivity index (χ3v) is 2.88. The summed E-state index contributed by atoms with van der Waals surface area (Å²) >= 11 is 6.57. The fourth-order valence-corrected chi connectivity index (χ4v) is 1.87. The van der Waals surface area contributed by atoms with E-state index in [9.17, 15) is 0 Å². The highest BCUT2D eigenvalue weighted by atomic mass is 32.2. The van der Waals surface area contributed by atoms with E-state index in [0.717, 1.165) is 5.75 Å². The van der Waals surface area contributed by atoms with E-state index in [1.807, 2.05) is 6.92 Å². The van der Waals surface area contributed by atoms with Gasteiger partial charge >= 0.3 is 0 Å². The number of allylic oxidation sites excluding steroid dienone is 1. The van der Waals surface area contributed by atoms with Crippen molar-refractivity contribution in [3.05, 3.63) is 12.2 Å². The topological polar surface area (TPSA) is 9.23 Å². The lowest BCUT2D eigenvalue weighted by atomic mass is 10.2. The zero-order chi connectivity index (χ0) is 10.6. The Labute approximate surface area is 97.3 Å². The summed E-state index contributed by atoms with van der Waals surface area (Å²) in [5.41, 5.74) is 0. The lowest BCUT2D eigenvalue weighted by molar-refractivity contribution is 0.346. The van der Waals surface area contributed by atoms with Gasteiger partial charge in [-0.15, -0.1) is 0 Å². The van der Waals surface area contributed by atoms with Crippen molar-refractivity contribution in [3.63, 3.8) is 0 Å². The molecular formula is C11H20OS2. The van der Waals surface area contributed by atoms with Gasteiger partial charge in [-0.25, -0.2) is 0 Å². The average Bonchev–Trinajstić information content (AvgIpc) is 2.17. The molecule has 0 saturated carbocycles. The van der Waals surface area contributed by atoms with Crippen LogP contribution < -0.4 is 0 Å². The molecule has 0 aliphatic rings. The number of hydrogen-bond acceptors (Lipinski definition) is 3. The molecule has 0 aromatic rings. The molecule has 0 amide bonds. The summed E-state index contributed by atoms with van der Waals surface area (Å²) in [6.45, 7) is 4.85. The predicted octanol–water partition coefficient (Wildman–Crippen LogP) is 4.18. The number of thioether (sulfide) groups is 1. The van der Waals surface area contributed by atoms with Gasteiger partial charge in [0.05, 0.1) is 6.61 Å². The molecule has 0 bridgehead atoms. The third kappa shape index (κ3) is 10.1. The van der Waals surface area contributed by atoms with Crippen molar-refractivity contribution < 1.29 is 4.74 Å². The third-order valence-electron chi connectivity index (χ3n) is 1.70. The molecule has 0 saturated heterocycles. The van der Waals surface area contributed by atoms with Crippen LogP contribution in [0.4, 0.5) is 0 Å². The molecule has 0 aromatic heterocycles. The lowest BCUT2D eigenvalue weighted by Crippen LogP contribution is -1.95. The molecule has 0 heterocycles. The molecule has 0 rings (SSSR count). The van der Waals surface area contributed by atoms with Crippen LogP contribution in [0, 0.1) is 0 Å². The Hall–Kier alpha value is -0.0200. The molecule has 0 spiro atoms. The summed E-state index contributed by atoms with van der Waals surface area (Å²) in [5, 5.41) is 0. The molecular weight excluding hydrogens is 212 g/mol. The Morgan fingerprint density at radius 1 is 1.29 bits per heavy atom. The largest absolute Gasteiger partial charge is 0.479 e. The van der Waals surface area contributed by atoms with Gasteiger partial charge in [0.2, 0.25) is 4.38 Å². The van der Waals surface area contributed by atoms with Crippen molar-refractivity contribution in [3.8, 4) is 0 Å². The van der Waals surface area contributed by atoms with Crippen molar-refractivity contribution in [2.45, 2.75) is 39.5 Å². The summed E-state index contributed by atoms with van der Waals surface area (Å²) in [6, 6.07) is 0. The molecule has 3 heteroatoms. The number of thiocarbonyl (C=S) groups is 1. The molecule has 82 valence electrons. The van der Waals surface area contributed by atoms with Crippen molar-refractivity contribution in [2.24, 2.45) is 0 Å². The number of unbranched alkanes of at least 4 members (excludes halogenated alkanes) is 3. The Morgan fingerprint density at radius 2 is 2.07 bits per heavy atom. The van der Waals surface area contributed by atoms with Crippen molar-refractivity contribution in [1.82, 2.24) is 0 Å². The van der Waals surface area contributed by atoms with Crippen LogP contribution in [0.3, 0.4) is 0 Å². The smallest absolute Gasteiger partial charge is 0.220 e. The minimum Gasteiger partial charge on any atom is -0.479 e. The molecule has 0 atom stereocenters. The second kappa shape index (κ2) is 11.1. The second-order valence-electron chi connectivity index (χ2n) is 2.96. The first-order valence-corrected chi connectivity index (χ1v) is 6.65. The van der Waals surface area contributed by atoms with Gasteiger partial charge < -0.3 is 4.74 Å². The van der Waals surface area contributed by atoms with Gasteiger partial charge in [-0.1, -0.05) is 43.7 Å².